The van der Waals surface area contributed by atoms with Gasteiger partial charge in [0.2, 0.25) is 0 Å². The number of rotatable bonds is 20. The van der Waals surface area contributed by atoms with Crippen molar-refractivity contribution in [3.63, 3.8) is 0 Å². The molecule has 2 aromatic carbocycles. The van der Waals surface area contributed by atoms with Gasteiger partial charge in [-0.2, -0.15) is 0 Å². The van der Waals surface area contributed by atoms with Crippen LogP contribution in [-0.2, 0) is 16.8 Å². The molecule has 0 bridgehead atoms. The Labute approximate surface area is 259 Å². The van der Waals surface area contributed by atoms with Crippen molar-refractivity contribution in [1.82, 2.24) is 4.90 Å². The third-order valence-electron chi connectivity index (χ3n) is 7.59. The first-order chi connectivity index (χ1) is 20.3. The fourth-order valence-corrected chi connectivity index (χ4v) is 5.91. The van der Waals surface area contributed by atoms with Crippen LogP contribution in [0.25, 0.3) is 0 Å². The van der Waals surface area contributed by atoms with Gasteiger partial charge in [0.25, 0.3) is 5.91 Å². The molecule has 42 heavy (non-hydrogen) atoms. The highest BCUT2D eigenvalue weighted by molar-refractivity contribution is 8.02. The summed E-state index contributed by atoms with van der Waals surface area (Å²) in [4.78, 5) is 14.9. The molecule has 3 rings (SSSR count). The van der Waals surface area contributed by atoms with E-state index in [0.29, 0.717) is 12.4 Å². The molecule has 0 saturated heterocycles. The lowest BCUT2D eigenvalue weighted by molar-refractivity contribution is -0.118. The first-order valence-corrected chi connectivity index (χ1v) is 17.2. The van der Waals surface area contributed by atoms with Gasteiger partial charge in [0.15, 0.2) is 6.61 Å². The number of nitrogens with zero attached hydrogens (tertiary/aromatic N) is 1. The molecule has 0 fully saturated rings. The van der Waals surface area contributed by atoms with Crippen LogP contribution < -0.4 is 14.8 Å². The van der Waals surface area contributed by atoms with E-state index in [-0.39, 0.29) is 17.9 Å². The molecule has 0 radical (unpaired) electrons. The second kappa shape index (κ2) is 18.8. The lowest BCUT2D eigenvalue weighted by atomic mass is 9.86. The Morgan fingerprint density at radius 1 is 0.881 bits per heavy atom. The van der Waals surface area contributed by atoms with Crippen LogP contribution in [-0.4, -0.2) is 29.9 Å². The summed E-state index contributed by atoms with van der Waals surface area (Å²) in [5.41, 5.74) is 3.05. The molecule has 0 aromatic heterocycles. The maximum Gasteiger partial charge on any atom is 0.262 e. The smallest absolute Gasteiger partial charge is 0.262 e. The predicted molar refractivity (Wildman–Crippen MR) is 179 cm³/mol. The predicted octanol–water partition coefficient (Wildman–Crippen LogP) is 10.1. The van der Waals surface area contributed by atoms with Crippen LogP contribution in [0.2, 0.25) is 0 Å². The van der Waals surface area contributed by atoms with Gasteiger partial charge in [-0.1, -0.05) is 117 Å². The van der Waals surface area contributed by atoms with Crippen LogP contribution in [0.5, 0.6) is 11.5 Å². The molecule has 5 nitrogen and oxygen atoms in total. The summed E-state index contributed by atoms with van der Waals surface area (Å²) in [6.45, 7) is 10.3. The van der Waals surface area contributed by atoms with Crippen LogP contribution in [0.3, 0.4) is 0 Å². The Hall–Kier alpha value is -2.60. The number of hydrogen-bond donors (Lipinski definition) is 1. The van der Waals surface area contributed by atoms with Crippen molar-refractivity contribution >= 4 is 23.4 Å². The monoisotopic (exact) mass is 594 g/mol. The number of ether oxygens (including phenoxy) is 2. The molecule has 0 aliphatic carbocycles. The van der Waals surface area contributed by atoms with Crippen LogP contribution in [0.4, 0.5) is 5.69 Å². The van der Waals surface area contributed by atoms with Crippen molar-refractivity contribution in [2.75, 3.05) is 24.4 Å². The van der Waals surface area contributed by atoms with Gasteiger partial charge < -0.3 is 19.7 Å². The zero-order chi connectivity index (χ0) is 30.0. The Morgan fingerprint density at radius 2 is 1.57 bits per heavy atom. The van der Waals surface area contributed by atoms with E-state index in [4.69, 9.17) is 9.47 Å². The topological polar surface area (TPSA) is 50.8 Å². The summed E-state index contributed by atoms with van der Waals surface area (Å²) < 4.78 is 12.2. The molecule has 1 aliphatic rings. The molecule has 0 unspecified atom stereocenters. The first-order valence-electron chi connectivity index (χ1n) is 16.2. The van der Waals surface area contributed by atoms with Crippen molar-refractivity contribution in [1.29, 1.82) is 0 Å². The van der Waals surface area contributed by atoms with Gasteiger partial charge in [-0.3, -0.25) is 4.79 Å². The normalized spacial score (nSPS) is 13.0. The molecular formula is C36H54N2O3S. The van der Waals surface area contributed by atoms with Gasteiger partial charge in [-0.05, 0) is 46.6 Å². The highest BCUT2D eigenvalue weighted by atomic mass is 32.2. The van der Waals surface area contributed by atoms with E-state index in [1.807, 2.05) is 30.3 Å². The molecule has 1 N–H and O–H groups in total. The molecule has 0 spiro atoms. The van der Waals surface area contributed by atoms with Gasteiger partial charge in [0, 0.05) is 24.5 Å². The standard InChI is InChI=1S/C36H54N2O3S/c1-5-6-7-8-9-10-11-12-13-14-15-16-23-40-34-26-32(20-21-33(34)36(2,3)4)41-28-35(39)37-31-19-17-18-30(25-31)27-38-22-24-42-29-38/h17-22,24-26H,5-16,23,27-29H2,1-4H3,(H,37,39). The largest absolute Gasteiger partial charge is 0.493 e. The Balaban J connectivity index is 1.39. The molecule has 6 heteroatoms. The molecule has 1 aliphatic heterocycles. The fraction of sp³-hybridized carbons (Fsp3) is 0.583. The number of unbranched alkanes of at least 4 members (excludes halogenated alkanes) is 11. The lowest BCUT2D eigenvalue weighted by Crippen LogP contribution is -2.20. The maximum absolute atomic E-state index is 12.7. The van der Waals surface area contributed by atoms with Crippen molar-refractivity contribution in [2.45, 2.75) is 117 Å². The Morgan fingerprint density at radius 3 is 2.21 bits per heavy atom. The Bertz CT molecular complexity index is 1100. The van der Waals surface area contributed by atoms with Crippen molar-refractivity contribution < 1.29 is 14.3 Å². The quantitative estimate of drug-likeness (QED) is 0.155. The third-order valence-corrected chi connectivity index (χ3v) is 8.39. The number of thioether (sulfide) groups is 1. The SMILES string of the molecule is CCCCCCCCCCCCCCOc1cc(OCC(=O)Nc2cccc(CN3C=CSC3)c2)ccc1C(C)(C)C. The number of carbonyl (C=O) groups is 1. The van der Waals surface area contributed by atoms with Crippen LogP contribution in [0.1, 0.15) is 116 Å². The average molecular weight is 595 g/mol. The molecule has 0 atom stereocenters. The lowest BCUT2D eigenvalue weighted by Gasteiger charge is -2.23. The summed E-state index contributed by atoms with van der Waals surface area (Å²) in [5.74, 6) is 2.28. The highest BCUT2D eigenvalue weighted by Crippen LogP contribution is 2.34. The van der Waals surface area contributed by atoms with E-state index in [1.54, 1.807) is 11.8 Å². The van der Waals surface area contributed by atoms with Crippen molar-refractivity contribution in [3.8, 4) is 11.5 Å². The minimum atomic E-state index is -0.178. The van der Waals surface area contributed by atoms with E-state index in [2.05, 4.69) is 61.7 Å². The molecule has 2 aromatic rings. The van der Waals surface area contributed by atoms with E-state index in [0.717, 1.165) is 41.4 Å². The number of hydrogen-bond acceptors (Lipinski definition) is 5. The number of amides is 1. The summed E-state index contributed by atoms with van der Waals surface area (Å²) in [7, 11) is 0. The summed E-state index contributed by atoms with van der Waals surface area (Å²) in [6.07, 6.45) is 18.0. The van der Waals surface area contributed by atoms with Crippen LogP contribution >= 0.6 is 11.8 Å². The molecule has 1 heterocycles. The number of anilines is 1. The number of carbonyl (C=O) groups excluding carboxylic acids is 1. The summed E-state index contributed by atoms with van der Waals surface area (Å²) >= 11 is 1.79. The van der Waals surface area contributed by atoms with E-state index in [9.17, 15) is 4.79 Å². The van der Waals surface area contributed by atoms with Gasteiger partial charge in [0.05, 0.1) is 12.5 Å². The van der Waals surface area contributed by atoms with Crippen LogP contribution in [0.15, 0.2) is 54.1 Å². The van der Waals surface area contributed by atoms with Crippen LogP contribution in [0, 0.1) is 0 Å². The first kappa shape index (κ1) is 33.9. The van der Waals surface area contributed by atoms with Crippen molar-refractivity contribution in [3.05, 3.63) is 65.2 Å². The molecule has 1 amide bonds. The second-order valence-corrected chi connectivity index (χ2v) is 13.4. The Kier molecular flexibility index (Phi) is 15.2. The fourth-order valence-electron chi connectivity index (χ4n) is 5.19. The van der Waals surface area contributed by atoms with Gasteiger partial charge in [-0.25, -0.2) is 0 Å². The minimum absolute atomic E-state index is 0.0453. The van der Waals surface area contributed by atoms with E-state index >= 15 is 0 Å². The van der Waals surface area contributed by atoms with Gasteiger partial charge in [-0.15, -0.1) is 11.8 Å². The molecule has 0 saturated carbocycles. The number of benzene rings is 2. The number of nitrogens with one attached hydrogen (secondary N) is 1. The average Bonchev–Trinajstić information content (AvgIpc) is 3.47. The van der Waals surface area contributed by atoms with Gasteiger partial charge in [0.1, 0.15) is 11.5 Å². The minimum Gasteiger partial charge on any atom is -0.493 e. The van der Waals surface area contributed by atoms with Crippen molar-refractivity contribution in [2.24, 2.45) is 0 Å². The molecule has 232 valence electrons. The summed E-state index contributed by atoms with van der Waals surface area (Å²) in [5, 5.41) is 5.07. The van der Waals surface area contributed by atoms with E-state index < -0.39 is 0 Å². The zero-order valence-corrected chi connectivity index (χ0v) is 27.4. The van der Waals surface area contributed by atoms with E-state index in [1.165, 1.54) is 70.6 Å². The summed E-state index contributed by atoms with van der Waals surface area (Å²) in [6, 6.07) is 13.9. The second-order valence-electron chi connectivity index (χ2n) is 12.5. The zero-order valence-electron chi connectivity index (χ0n) is 26.6. The third kappa shape index (κ3) is 13.1. The van der Waals surface area contributed by atoms with Gasteiger partial charge >= 0.3 is 0 Å². The highest BCUT2D eigenvalue weighted by Gasteiger charge is 2.20. The molecular weight excluding hydrogens is 540 g/mol. The maximum atomic E-state index is 12.7.